The first-order valence-corrected chi connectivity index (χ1v) is 25.1. The van der Waals surface area contributed by atoms with Gasteiger partial charge in [-0.05, 0) is 109 Å². The van der Waals surface area contributed by atoms with Crippen molar-refractivity contribution in [2.24, 2.45) is 17.3 Å². The average molecular weight is 953 g/mol. The van der Waals surface area contributed by atoms with Crippen molar-refractivity contribution in [3.63, 3.8) is 0 Å². The standard InChI is InChI=1S/C49H54F2N8O8S/c1-25(2)40(57-47(63)67-4)45(61)58-24-48(15-16-48)22-39(58)42-52-23-38(55-42)28-8-12-32-31-11-7-26(19-33(31)49(50,51)34(32)20-28)27-9-13-35-37(21-27)54-43(53-35)41-29-6-10-30(18-29)59(41)44(60)36(56-46(62)66-3)14-17-68(5,64)65/h7-9,11-13,19-21,23,25,29-30,36,39-41H,6,10,14-18,22,24H2,1-5H3,(H,52,55)(H,53,54)(H,56,62)(H,57,63)/t29-,30+,36-,39-,40?,41-/m0/s1. The Kier molecular flexibility index (Phi) is 11.2. The number of likely N-dealkylation sites (tertiary alicyclic amines) is 2. The molecule has 358 valence electrons. The Labute approximate surface area is 391 Å². The van der Waals surface area contributed by atoms with Gasteiger partial charge in [0.2, 0.25) is 11.8 Å². The number of methoxy groups -OCH3 is 2. The second kappa shape index (κ2) is 16.7. The second-order valence-corrected chi connectivity index (χ2v) is 22.0. The number of halogens is 2. The fraction of sp³-hybridized carbons (Fsp3) is 0.469. The lowest BCUT2D eigenvalue weighted by Crippen LogP contribution is -2.52. The molecule has 3 aromatic carbocycles. The number of piperidine rings is 1. The maximum Gasteiger partial charge on any atom is 0.407 e. The fourth-order valence-electron chi connectivity index (χ4n) is 11.1. The number of amides is 4. The number of carbonyl (C=O) groups is 4. The number of sulfone groups is 1. The summed E-state index contributed by atoms with van der Waals surface area (Å²) in [6, 6.07) is 12.8. The van der Waals surface area contributed by atoms with Gasteiger partial charge < -0.3 is 39.9 Å². The molecular weight excluding hydrogens is 899 g/mol. The number of hydrogen-bond donors (Lipinski definition) is 4. The third-order valence-corrected chi connectivity index (χ3v) is 15.9. The predicted molar refractivity (Wildman–Crippen MR) is 247 cm³/mol. The fourth-order valence-corrected chi connectivity index (χ4v) is 11.8. The number of ether oxygens (including phenoxy) is 2. The van der Waals surface area contributed by atoms with Crippen LogP contribution in [-0.4, -0.2) is 113 Å². The first-order chi connectivity index (χ1) is 32.4. The first kappa shape index (κ1) is 45.4. The molecule has 2 aromatic heterocycles. The predicted octanol–water partition coefficient (Wildman–Crippen LogP) is 7.39. The van der Waals surface area contributed by atoms with E-state index in [9.17, 15) is 27.6 Å². The number of aromatic nitrogens is 4. The van der Waals surface area contributed by atoms with Crippen molar-refractivity contribution in [3.8, 4) is 33.5 Å². The van der Waals surface area contributed by atoms with Gasteiger partial charge in [0.25, 0.3) is 5.92 Å². The summed E-state index contributed by atoms with van der Waals surface area (Å²) in [4.78, 5) is 72.4. The molecule has 10 rings (SSSR count). The van der Waals surface area contributed by atoms with Gasteiger partial charge in [0, 0.05) is 35.5 Å². The van der Waals surface area contributed by atoms with E-state index >= 15 is 8.78 Å². The van der Waals surface area contributed by atoms with Crippen LogP contribution in [0.15, 0.2) is 60.8 Å². The minimum absolute atomic E-state index is 0.00556. The number of nitrogens with one attached hydrogen (secondary N) is 4. The highest BCUT2D eigenvalue weighted by molar-refractivity contribution is 7.90. The highest BCUT2D eigenvalue weighted by atomic mass is 32.2. The average Bonchev–Trinajstić information content (AvgIpc) is 3.97. The number of imidazole rings is 2. The Morgan fingerprint density at radius 1 is 0.868 bits per heavy atom. The molecule has 16 nitrogen and oxygen atoms in total. The Hall–Kier alpha value is -6.37. The topological polar surface area (TPSA) is 209 Å². The van der Waals surface area contributed by atoms with E-state index in [1.54, 1.807) is 34.2 Å². The summed E-state index contributed by atoms with van der Waals surface area (Å²) in [5.74, 6) is -3.23. The van der Waals surface area contributed by atoms with Crippen LogP contribution in [0.25, 0.3) is 44.5 Å². The summed E-state index contributed by atoms with van der Waals surface area (Å²) in [6.45, 7) is 4.27. The number of carbonyl (C=O) groups excluding carboxylic acids is 4. The van der Waals surface area contributed by atoms with Gasteiger partial charge in [-0.3, -0.25) is 9.59 Å². The zero-order valence-electron chi connectivity index (χ0n) is 38.4. The molecule has 4 heterocycles. The molecule has 4 fully saturated rings. The summed E-state index contributed by atoms with van der Waals surface area (Å²) in [5, 5.41) is 5.23. The second-order valence-electron chi connectivity index (χ2n) is 19.7. The molecule has 1 spiro atoms. The van der Waals surface area contributed by atoms with E-state index < -0.39 is 52.0 Å². The summed E-state index contributed by atoms with van der Waals surface area (Å²) in [7, 11) is -1.00. The maximum absolute atomic E-state index is 16.7. The van der Waals surface area contributed by atoms with Gasteiger partial charge in [-0.15, -0.1) is 0 Å². The van der Waals surface area contributed by atoms with Gasteiger partial charge in [-0.1, -0.05) is 44.2 Å². The van der Waals surface area contributed by atoms with Crippen LogP contribution in [0.2, 0.25) is 0 Å². The van der Waals surface area contributed by atoms with Crippen molar-refractivity contribution >= 4 is 44.9 Å². The normalized spacial score (nSPS) is 22.6. The smallest absolute Gasteiger partial charge is 0.407 e. The van der Waals surface area contributed by atoms with Gasteiger partial charge in [0.1, 0.15) is 33.6 Å². The number of nitrogens with zero attached hydrogens (tertiary/aromatic N) is 4. The van der Waals surface area contributed by atoms with E-state index in [0.29, 0.717) is 69.2 Å². The van der Waals surface area contributed by atoms with Crippen molar-refractivity contribution < 1.29 is 45.9 Å². The SMILES string of the molecule is COC(=O)NC(C(=O)N1CC2(CC2)C[C@H]1c1ncc(-c2ccc3c(c2)C(F)(F)c2cc(-c4ccc5nc([C@@H]6[C@H]7CC[C@H](C7)N6C(=O)[C@H](CCS(C)(=O)=O)NC(=O)OC)[nH]c5c4)ccc2-3)[nH]1)C(C)C. The number of alkyl carbamates (subject to hydrolysis) is 2. The highest BCUT2D eigenvalue weighted by Crippen LogP contribution is 2.59. The Bertz CT molecular complexity index is 2990. The van der Waals surface area contributed by atoms with Gasteiger partial charge in [-0.2, -0.15) is 8.78 Å². The summed E-state index contributed by atoms with van der Waals surface area (Å²) in [5.41, 5.74) is 4.24. The summed E-state index contributed by atoms with van der Waals surface area (Å²) in [6.07, 6.45) is 6.13. The van der Waals surface area contributed by atoms with Crippen LogP contribution < -0.4 is 10.6 Å². The van der Waals surface area contributed by atoms with Crippen molar-refractivity contribution in [1.29, 1.82) is 0 Å². The third-order valence-electron chi connectivity index (χ3n) is 14.9. The largest absolute Gasteiger partial charge is 0.453 e. The zero-order chi connectivity index (χ0) is 48.0. The minimum atomic E-state index is -3.43. The number of rotatable bonds is 12. The van der Waals surface area contributed by atoms with Gasteiger partial charge in [0.05, 0.1) is 55.0 Å². The number of aromatic amines is 2. The highest BCUT2D eigenvalue weighted by Gasteiger charge is 2.56. The molecule has 0 radical (unpaired) electrons. The number of benzene rings is 3. The Morgan fingerprint density at radius 3 is 2.21 bits per heavy atom. The van der Waals surface area contributed by atoms with Crippen LogP contribution in [0.1, 0.15) is 93.7 Å². The molecule has 5 aliphatic rings. The van der Waals surface area contributed by atoms with Crippen LogP contribution in [0, 0.1) is 17.3 Å². The Morgan fingerprint density at radius 2 is 1.53 bits per heavy atom. The molecule has 2 saturated heterocycles. The monoisotopic (exact) mass is 952 g/mol. The Balaban J connectivity index is 0.890. The molecule has 5 aromatic rings. The van der Waals surface area contributed by atoms with Crippen molar-refractivity contribution in [2.45, 2.75) is 94.9 Å². The lowest BCUT2D eigenvalue weighted by Gasteiger charge is -2.36. The van der Waals surface area contributed by atoms with Crippen molar-refractivity contribution in [1.82, 2.24) is 40.4 Å². The van der Waals surface area contributed by atoms with Crippen molar-refractivity contribution in [2.75, 3.05) is 32.8 Å². The van der Waals surface area contributed by atoms with Crippen LogP contribution in [0.5, 0.6) is 0 Å². The van der Waals surface area contributed by atoms with Crippen LogP contribution >= 0.6 is 0 Å². The van der Waals surface area contributed by atoms with E-state index in [-0.39, 0.29) is 58.5 Å². The molecular formula is C49H54F2N8O8S. The third kappa shape index (κ3) is 8.04. The van der Waals surface area contributed by atoms with E-state index in [1.165, 1.54) is 26.4 Å². The zero-order valence-corrected chi connectivity index (χ0v) is 39.2. The summed E-state index contributed by atoms with van der Waals surface area (Å²) >= 11 is 0. The molecule has 4 amide bonds. The molecule has 2 saturated carbocycles. The van der Waals surface area contributed by atoms with E-state index in [4.69, 9.17) is 14.5 Å². The minimum Gasteiger partial charge on any atom is -0.453 e. The summed E-state index contributed by atoms with van der Waals surface area (Å²) < 4.78 is 67.1. The van der Waals surface area contributed by atoms with Crippen molar-refractivity contribution in [3.05, 3.63) is 83.6 Å². The number of H-pyrrole nitrogens is 2. The van der Waals surface area contributed by atoms with Crippen LogP contribution in [-0.2, 0) is 34.8 Å². The number of alkyl halides is 2. The van der Waals surface area contributed by atoms with Crippen LogP contribution in [0.4, 0.5) is 18.4 Å². The molecule has 4 N–H and O–H groups in total. The maximum atomic E-state index is 16.7. The lowest BCUT2D eigenvalue weighted by atomic mass is 9.97. The quantitative estimate of drug-likeness (QED) is 0.0975. The molecule has 2 aliphatic heterocycles. The van der Waals surface area contributed by atoms with E-state index in [0.717, 1.165) is 38.4 Å². The number of hydrogen-bond acceptors (Lipinski definition) is 10. The van der Waals surface area contributed by atoms with Gasteiger partial charge in [0.15, 0.2) is 0 Å². The van der Waals surface area contributed by atoms with E-state index in [2.05, 4.69) is 25.6 Å². The lowest BCUT2D eigenvalue weighted by molar-refractivity contribution is -0.138. The first-order valence-electron chi connectivity index (χ1n) is 23.1. The molecule has 1 unspecified atom stereocenters. The molecule has 3 aliphatic carbocycles. The molecule has 19 heteroatoms. The van der Waals surface area contributed by atoms with Crippen LogP contribution in [0.3, 0.4) is 0 Å². The molecule has 6 atom stereocenters. The van der Waals surface area contributed by atoms with Gasteiger partial charge in [-0.25, -0.2) is 28.0 Å². The molecule has 68 heavy (non-hydrogen) atoms. The van der Waals surface area contributed by atoms with E-state index in [1.807, 2.05) is 38.1 Å². The number of fused-ring (bicyclic) bond motifs is 6. The molecule has 2 bridgehead atoms. The van der Waals surface area contributed by atoms with Gasteiger partial charge >= 0.3 is 12.2 Å².